The normalized spacial score (nSPS) is 21.0. The Labute approximate surface area is 227 Å². The largest absolute Gasteiger partial charge is 0.483 e. The second kappa shape index (κ2) is 11.3. The Hall–Kier alpha value is -2.09. The minimum Gasteiger partial charge on any atom is -0.483 e. The average Bonchev–Trinajstić information content (AvgIpc) is 3.43. The zero-order chi connectivity index (χ0) is 26.9. The molecule has 1 unspecified atom stereocenters. The van der Waals surface area contributed by atoms with Crippen LogP contribution in [0.2, 0.25) is 0 Å². The van der Waals surface area contributed by atoms with Gasteiger partial charge in [0.05, 0.1) is 16.9 Å². The first-order chi connectivity index (χ1) is 17.6. The maximum Gasteiger partial charge on any atom is 0.331 e. The Kier molecular flexibility index (Phi) is 8.56. The van der Waals surface area contributed by atoms with E-state index in [9.17, 15) is 19.5 Å². The zero-order valence-corrected chi connectivity index (χ0v) is 22.5. The number of carboxylic acid groups (broad SMARTS) is 1. The molecule has 0 radical (unpaired) electrons. The minimum atomic E-state index is -1.17. The zero-order valence-electron chi connectivity index (χ0n) is 20.2. The quantitative estimate of drug-likeness (QED) is 0.192. The number of alkyl halides is 2. The number of hydrogen-bond acceptors (Lipinski definition) is 8. The summed E-state index contributed by atoms with van der Waals surface area (Å²) >= 11 is 12.7. The van der Waals surface area contributed by atoms with E-state index in [1.165, 1.54) is 21.4 Å². The molecule has 1 aliphatic carbocycles. The van der Waals surface area contributed by atoms with Crippen LogP contribution in [-0.2, 0) is 16.1 Å². The van der Waals surface area contributed by atoms with E-state index in [0.29, 0.717) is 36.2 Å². The fourth-order valence-corrected chi connectivity index (χ4v) is 5.78. The number of aliphatic hydroxyl groups is 1. The van der Waals surface area contributed by atoms with Crippen LogP contribution >= 0.6 is 35.1 Å². The molecule has 1 atom stereocenters. The highest BCUT2D eigenvalue weighted by molar-refractivity contribution is 7.97. The van der Waals surface area contributed by atoms with Gasteiger partial charge in [0.15, 0.2) is 4.84 Å². The van der Waals surface area contributed by atoms with Crippen molar-refractivity contribution in [3.05, 3.63) is 39.0 Å². The van der Waals surface area contributed by atoms with Crippen LogP contribution in [0.4, 0.5) is 0 Å². The lowest BCUT2D eigenvalue weighted by molar-refractivity contribution is -0.135. The van der Waals surface area contributed by atoms with Crippen LogP contribution < -0.4 is 16.0 Å². The summed E-state index contributed by atoms with van der Waals surface area (Å²) in [5, 5.41) is 17.4. The monoisotopic (exact) mass is 573 g/mol. The van der Waals surface area contributed by atoms with Crippen LogP contribution in [0.5, 0.6) is 0 Å². The van der Waals surface area contributed by atoms with Gasteiger partial charge in [-0.15, -0.1) is 0 Å². The molecular weight excluding hydrogens is 545 g/mol. The molecule has 202 valence electrons. The lowest BCUT2D eigenvalue weighted by Crippen LogP contribution is -2.58. The van der Waals surface area contributed by atoms with Crippen LogP contribution in [0, 0.1) is 5.92 Å². The Morgan fingerprint density at radius 2 is 1.95 bits per heavy atom. The summed E-state index contributed by atoms with van der Waals surface area (Å²) in [4.78, 5) is 50.8. The number of halogens is 2. The van der Waals surface area contributed by atoms with Crippen LogP contribution in [0.1, 0.15) is 25.3 Å². The molecule has 1 saturated carbocycles. The van der Waals surface area contributed by atoms with Crippen LogP contribution in [-0.4, -0.2) is 85.3 Å². The van der Waals surface area contributed by atoms with Gasteiger partial charge in [0.2, 0.25) is 0 Å². The number of carbonyl (C=O) groups excluding carboxylic acids is 1. The maximum atomic E-state index is 13.6. The van der Waals surface area contributed by atoms with E-state index in [0.717, 1.165) is 24.4 Å². The van der Waals surface area contributed by atoms with Gasteiger partial charge in [0.1, 0.15) is 5.72 Å². The second-order valence-corrected chi connectivity index (χ2v) is 11.7. The molecular formula is C23H29Cl2N5O6S. The van der Waals surface area contributed by atoms with Gasteiger partial charge in [-0.1, -0.05) is 23.2 Å². The number of likely N-dealkylation sites (tertiary alicyclic amines) is 2. The van der Waals surface area contributed by atoms with Crippen molar-refractivity contribution in [1.82, 2.24) is 23.7 Å². The first-order valence-electron chi connectivity index (χ1n) is 11.9. The van der Waals surface area contributed by atoms with Gasteiger partial charge in [0, 0.05) is 31.1 Å². The molecule has 3 heterocycles. The lowest BCUT2D eigenvalue weighted by Gasteiger charge is -2.40. The molecule has 0 spiro atoms. The molecule has 11 nitrogen and oxygen atoms in total. The van der Waals surface area contributed by atoms with Crippen molar-refractivity contribution < 1.29 is 19.8 Å². The van der Waals surface area contributed by atoms with E-state index < -0.39 is 22.5 Å². The molecule has 3 fully saturated rings. The van der Waals surface area contributed by atoms with Crippen molar-refractivity contribution >= 4 is 58.4 Å². The number of nitrogens with one attached hydrogen (secondary N) is 1. The highest BCUT2D eigenvalue weighted by Crippen LogP contribution is 2.35. The molecule has 14 heteroatoms. The average molecular weight is 574 g/mol. The first-order valence-corrected chi connectivity index (χ1v) is 13.5. The van der Waals surface area contributed by atoms with Gasteiger partial charge >= 0.3 is 5.69 Å². The number of aromatic nitrogens is 2. The molecule has 2 saturated heterocycles. The first kappa shape index (κ1) is 27.9. The van der Waals surface area contributed by atoms with Crippen LogP contribution in [0.15, 0.2) is 32.7 Å². The van der Waals surface area contributed by atoms with Gasteiger partial charge < -0.3 is 20.0 Å². The second-order valence-electron chi connectivity index (χ2n) is 9.70. The number of nitrogens with zero attached hydrogens (tertiary/aromatic N) is 4. The molecule has 2 aliphatic heterocycles. The molecule has 3 N–H and O–H groups in total. The highest BCUT2D eigenvalue weighted by Gasteiger charge is 2.40. The Morgan fingerprint density at radius 1 is 1.27 bits per heavy atom. The van der Waals surface area contributed by atoms with E-state index in [1.807, 2.05) is 12.1 Å². The number of fused-ring (bicyclic) bond motifs is 1. The van der Waals surface area contributed by atoms with Crippen molar-refractivity contribution in [1.29, 1.82) is 0 Å². The van der Waals surface area contributed by atoms with Gasteiger partial charge in [0.25, 0.3) is 17.9 Å². The number of amides is 1. The van der Waals surface area contributed by atoms with Gasteiger partial charge in [-0.2, -0.15) is 0 Å². The van der Waals surface area contributed by atoms with Gasteiger partial charge in [-0.25, -0.2) is 9.52 Å². The number of carbonyl (C=O) groups is 2. The summed E-state index contributed by atoms with van der Waals surface area (Å²) in [5.41, 5.74) is -0.984. The summed E-state index contributed by atoms with van der Waals surface area (Å²) < 4.78 is 6.01. The van der Waals surface area contributed by atoms with E-state index >= 15 is 0 Å². The molecule has 2 aromatic rings. The minimum absolute atomic E-state index is 0.213. The van der Waals surface area contributed by atoms with Crippen LogP contribution in [0.3, 0.4) is 0 Å². The summed E-state index contributed by atoms with van der Waals surface area (Å²) in [6.07, 6.45) is 2.37. The van der Waals surface area contributed by atoms with E-state index in [2.05, 4.69) is 16.7 Å². The van der Waals surface area contributed by atoms with E-state index in [-0.39, 0.29) is 30.8 Å². The van der Waals surface area contributed by atoms with Crippen molar-refractivity contribution in [3.63, 3.8) is 0 Å². The summed E-state index contributed by atoms with van der Waals surface area (Å²) in [7, 11) is 2.06. The van der Waals surface area contributed by atoms with Crippen molar-refractivity contribution in [2.24, 2.45) is 5.92 Å². The van der Waals surface area contributed by atoms with Crippen molar-refractivity contribution in [2.75, 3.05) is 33.2 Å². The molecule has 37 heavy (non-hydrogen) atoms. The Bertz CT molecular complexity index is 1290. The predicted molar refractivity (Wildman–Crippen MR) is 141 cm³/mol. The molecule has 5 rings (SSSR count). The molecule has 1 aromatic heterocycles. The molecule has 3 aliphatic rings. The maximum absolute atomic E-state index is 13.6. The summed E-state index contributed by atoms with van der Waals surface area (Å²) in [6, 6.07) is 5.00. The number of hydrogen-bond donors (Lipinski definition) is 3. The predicted octanol–water partition coefficient (Wildman–Crippen LogP) is 1.08. The third kappa shape index (κ3) is 6.15. The fourth-order valence-electron chi connectivity index (χ4n) is 4.68. The van der Waals surface area contributed by atoms with E-state index in [4.69, 9.17) is 33.1 Å². The molecule has 1 amide bonds. The van der Waals surface area contributed by atoms with Crippen molar-refractivity contribution in [2.45, 2.75) is 47.3 Å². The van der Waals surface area contributed by atoms with Gasteiger partial charge in [-0.05, 0) is 68.9 Å². The van der Waals surface area contributed by atoms with Gasteiger partial charge in [-0.3, -0.25) is 23.5 Å². The topological polar surface area (TPSA) is 137 Å². The van der Waals surface area contributed by atoms with Crippen molar-refractivity contribution in [3.8, 4) is 0 Å². The van der Waals surface area contributed by atoms with Crippen LogP contribution in [0.25, 0.3) is 10.9 Å². The Morgan fingerprint density at radius 3 is 2.51 bits per heavy atom. The molecule has 1 aromatic carbocycles. The van der Waals surface area contributed by atoms with E-state index in [1.54, 1.807) is 10.6 Å². The third-order valence-electron chi connectivity index (χ3n) is 6.88. The number of rotatable bonds is 7. The fraction of sp³-hybridized carbons (Fsp3) is 0.565. The summed E-state index contributed by atoms with van der Waals surface area (Å²) in [6.45, 7) is 2.56. The summed E-state index contributed by atoms with van der Waals surface area (Å²) in [5.74, 6) is -0.116. The standard InChI is InChI=1S/C22H27Cl2N5O4S.CH2O2/c1-26-7-4-13(9-26)10-28-17-3-2-15(34-25-22(33)5-6-22)8-16(17)19(30)29(21(28)32)14-11-27(12-14)20(31)18(23)24;2-1-3/h2-3,8,13-14,18,25,33H,4-7,9-12H2,1H3;1H,(H,2,3). The smallest absolute Gasteiger partial charge is 0.331 e. The lowest BCUT2D eigenvalue weighted by atomic mass is 10.1. The SMILES string of the molecule is CN1CCC(Cn2c(=O)n(C3CN(C(=O)C(Cl)Cl)C3)c(=O)c3cc(SNC4(O)CC4)ccc32)C1.O=CO. The Balaban J connectivity index is 0.00000102. The molecule has 0 bridgehead atoms. The number of benzene rings is 1. The third-order valence-corrected chi connectivity index (χ3v) is 8.23. The highest BCUT2D eigenvalue weighted by atomic mass is 35.5.